The molecule has 2 aliphatic heterocycles. The summed E-state index contributed by atoms with van der Waals surface area (Å²) >= 11 is 6.63. The van der Waals surface area contributed by atoms with E-state index in [0.717, 1.165) is 31.6 Å². The van der Waals surface area contributed by atoms with Gasteiger partial charge in [0.05, 0.1) is 26.9 Å². The molecule has 0 atom stereocenters. The maximum absolute atomic E-state index is 13.3. The van der Waals surface area contributed by atoms with E-state index < -0.39 is 16.2 Å². The maximum Gasteiger partial charge on any atom is 0.270 e. The zero-order chi connectivity index (χ0) is 27.6. The van der Waals surface area contributed by atoms with E-state index in [1.807, 2.05) is 31.7 Å². The lowest BCUT2D eigenvalue weighted by molar-refractivity contribution is -0.384. The molecule has 2 aromatic rings. The predicted octanol–water partition coefficient (Wildman–Crippen LogP) is 5.43. The lowest BCUT2D eigenvalue weighted by Crippen LogP contribution is -2.51. The van der Waals surface area contributed by atoms with Gasteiger partial charge in [0.25, 0.3) is 11.6 Å². The zero-order valence-corrected chi connectivity index (χ0v) is 23.3. The Morgan fingerprint density at radius 2 is 1.55 bits per heavy atom. The second kappa shape index (κ2) is 11.2. The second-order valence-electron chi connectivity index (χ2n) is 11.3. The molecule has 2 aliphatic rings. The van der Waals surface area contributed by atoms with Gasteiger partial charge in [0.1, 0.15) is 0 Å². The van der Waals surface area contributed by atoms with Gasteiger partial charge in [-0.2, -0.15) is 0 Å². The van der Waals surface area contributed by atoms with E-state index in [2.05, 4.69) is 22.0 Å². The molecular formula is C28H36ClN5O4. The Morgan fingerprint density at radius 1 is 0.947 bits per heavy atom. The first-order valence-corrected chi connectivity index (χ1v) is 13.5. The molecule has 1 N–H and O–H groups in total. The minimum absolute atomic E-state index is 0.123. The number of nitro benzene ring substituents is 1. The van der Waals surface area contributed by atoms with Gasteiger partial charge in [-0.15, -0.1) is 0 Å². The normalized spacial score (nSPS) is 16.9. The topological polar surface area (TPSA) is 99.0 Å². The lowest BCUT2D eigenvalue weighted by atomic mass is 9.94. The number of carbonyl (C=O) groups is 2. The van der Waals surface area contributed by atoms with E-state index in [1.165, 1.54) is 12.1 Å². The quantitative estimate of drug-likeness (QED) is 0.400. The molecule has 0 bridgehead atoms. The van der Waals surface area contributed by atoms with Crippen LogP contribution in [0.25, 0.3) is 0 Å². The van der Waals surface area contributed by atoms with Crippen molar-refractivity contribution >= 4 is 46.2 Å². The SMILES string of the molecule is CC1CCN(c2ccc([N+](=O)[O-])cc2C(=O)Nc2ccc(N3CCN(C(=O)C(C)(C)C)CC3)c(Cl)c2)CC1. The number of nitrogens with zero attached hydrogens (tertiary/aromatic N) is 4. The van der Waals surface area contributed by atoms with Crippen LogP contribution in [0.2, 0.25) is 5.02 Å². The van der Waals surface area contributed by atoms with Gasteiger partial charge in [-0.25, -0.2) is 0 Å². The number of nitro groups is 1. The average Bonchev–Trinajstić information content (AvgIpc) is 2.88. The van der Waals surface area contributed by atoms with E-state index in [1.54, 1.807) is 18.2 Å². The fourth-order valence-corrected chi connectivity index (χ4v) is 5.31. The second-order valence-corrected chi connectivity index (χ2v) is 11.7. The van der Waals surface area contributed by atoms with Gasteiger partial charge < -0.3 is 20.0 Å². The molecular weight excluding hydrogens is 506 g/mol. The number of piperidine rings is 1. The average molecular weight is 542 g/mol. The first kappa shape index (κ1) is 27.7. The summed E-state index contributed by atoms with van der Waals surface area (Å²) in [6.45, 7) is 12.2. The zero-order valence-electron chi connectivity index (χ0n) is 22.5. The van der Waals surface area contributed by atoms with Crippen LogP contribution in [0.1, 0.15) is 50.9 Å². The van der Waals surface area contributed by atoms with Crippen molar-refractivity contribution in [1.82, 2.24) is 4.90 Å². The summed E-state index contributed by atoms with van der Waals surface area (Å²) in [5, 5.41) is 14.8. The molecule has 2 saturated heterocycles. The van der Waals surface area contributed by atoms with Crippen molar-refractivity contribution in [2.45, 2.75) is 40.5 Å². The number of non-ortho nitro benzene ring substituents is 1. The number of amides is 2. The Kier molecular flexibility index (Phi) is 8.16. The fraction of sp³-hybridized carbons (Fsp3) is 0.500. The van der Waals surface area contributed by atoms with Crippen molar-refractivity contribution in [3.8, 4) is 0 Å². The van der Waals surface area contributed by atoms with E-state index >= 15 is 0 Å². The first-order chi connectivity index (χ1) is 17.9. The smallest absolute Gasteiger partial charge is 0.270 e. The number of hydrogen-bond donors (Lipinski definition) is 1. The molecule has 0 radical (unpaired) electrons. The molecule has 4 rings (SSSR count). The van der Waals surface area contributed by atoms with Crippen molar-refractivity contribution in [2.24, 2.45) is 11.3 Å². The number of benzene rings is 2. The third kappa shape index (κ3) is 6.20. The number of hydrogen-bond acceptors (Lipinski definition) is 6. The van der Waals surface area contributed by atoms with Gasteiger partial charge in [0, 0.05) is 62.5 Å². The largest absolute Gasteiger partial charge is 0.371 e. The molecule has 0 aromatic heterocycles. The summed E-state index contributed by atoms with van der Waals surface area (Å²) in [5.74, 6) is 0.338. The summed E-state index contributed by atoms with van der Waals surface area (Å²) in [6, 6.07) is 9.80. The highest BCUT2D eigenvalue weighted by atomic mass is 35.5. The molecule has 0 spiro atoms. The van der Waals surface area contributed by atoms with Gasteiger partial charge in [-0.1, -0.05) is 39.3 Å². The van der Waals surface area contributed by atoms with Crippen LogP contribution in [0.4, 0.5) is 22.7 Å². The van der Waals surface area contributed by atoms with Crippen LogP contribution in [0.15, 0.2) is 36.4 Å². The van der Waals surface area contributed by atoms with Gasteiger partial charge >= 0.3 is 0 Å². The molecule has 2 aromatic carbocycles. The van der Waals surface area contributed by atoms with E-state index in [0.29, 0.717) is 48.5 Å². The Balaban J connectivity index is 1.48. The molecule has 2 amide bonds. The summed E-state index contributed by atoms with van der Waals surface area (Å²) in [4.78, 5) is 43.0. The molecule has 0 saturated carbocycles. The van der Waals surface area contributed by atoms with Crippen molar-refractivity contribution in [3.63, 3.8) is 0 Å². The van der Waals surface area contributed by atoms with E-state index in [-0.39, 0.29) is 17.2 Å². The van der Waals surface area contributed by atoms with Crippen molar-refractivity contribution in [3.05, 3.63) is 57.1 Å². The number of piperazine rings is 1. The summed E-state index contributed by atoms with van der Waals surface area (Å²) in [6.07, 6.45) is 2.02. The number of anilines is 3. The van der Waals surface area contributed by atoms with Gasteiger partial charge in [-0.05, 0) is 43.0 Å². The minimum atomic E-state index is -0.487. The molecule has 2 fully saturated rings. The van der Waals surface area contributed by atoms with Crippen LogP contribution in [-0.2, 0) is 4.79 Å². The van der Waals surface area contributed by atoms with Crippen LogP contribution in [0, 0.1) is 21.4 Å². The maximum atomic E-state index is 13.3. The van der Waals surface area contributed by atoms with Crippen LogP contribution < -0.4 is 15.1 Å². The highest BCUT2D eigenvalue weighted by Gasteiger charge is 2.30. The van der Waals surface area contributed by atoms with Crippen LogP contribution in [0.3, 0.4) is 0 Å². The molecule has 0 unspecified atom stereocenters. The fourth-order valence-electron chi connectivity index (χ4n) is 5.01. The van der Waals surface area contributed by atoms with Crippen molar-refractivity contribution in [2.75, 3.05) is 54.4 Å². The molecule has 2 heterocycles. The van der Waals surface area contributed by atoms with Gasteiger partial charge in [0.2, 0.25) is 5.91 Å². The third-order valence-electron chi connectivity index (χ3n) is 7.31. The third-order valence-corrected chi connectivity index (χ3v) is 7.62. The number of halogens is 1. The number of rotatable bonds is 5. The monoisotopic (exact) mass is 541 g/mol. The van der Waals surface area contributed by atoms with E-state index in [4.69, 9.17) is 11.6 Å². The first-order valence-electron chi connectivity index (χ1n) is 13.1. The van der Waals surface area contributed by atoms with Crippen molar-refractivity contribution < 1.29 is 14.5 Å². The summed E-state index contributed by atoms with van der Waals surface area (Å²) in [5.41, 5.74) is 1.78. The predicted molar refractivity (Wildman–Crippen MR) is 151 cm³/mol. The van der Waals surface area contributed by atoms with E-state index in [9.17, 15) is 19.7 Å². The van der Waals surface area contributed by atoms with Crippen molar-refractivity contribution in [1.29, 1.82) is 0 Å². The van der Waals surface area contributed by atoms with Gasteiger partial charge in [-0.3, -0.25) is 19.7 Å². The Hall–Kier alpha value is -3.33. The summed E-state index contributed by atoms with van der Waals surface area (Å²) in [7, 11) is 0. The van der Waals surface area contributed by atoms with Crippen LogP contribution in [0.5, 0.6) is 0 Å². The molecule has 204 valence electrons. The summed E-state index contributed by atoms with van der Waals surface area (Å²) < 4.78 is 0. The Bertz CT molecular complexity index is 1210. The number of carbonyl (C=O) groups excluding carboxylic acids is 2. The Morgan fingerprint density at radius 3 is 2.13 bits per heavy atom. The molecule has 38 heavy (non-hydrogen) atoms. The molecule has 0 aliphatic carbocycles. The van der Waals surface area contributed by atoms with Crippen LogP contribution >= 0.6 is 11.6 Å². The van der Waals surface area contributed by atoms with Crippen LogP contribution in [-0.4, -0.2) is 60.9 Å². The lowest BCUT2D eigenvalue weighted by Gasteiger charge is -2.39. The standard InChI is InChI=1S/C28H36ClN5O4/c1-19-9-11-31(12-10-19)24-8-6-21(34(37)38)18-22(24)26(35)30-20-5-7-25(23(29)17-20)32-13-15-33(16-14-32)27(36)28(2,3)4/h5-8,17-19H,9-16H2,1-4H3,(H,30,35). The Labute approximate surface area is 228 Å². The molecule has 10 heteroatoms. The molecule has 9 nitrogen and oxygen atoms in total. The number of nitrogens with one attached hydrogen (secondary N) is 1. The van der Waals surface area contributed by atoms with Gasteiger partial charge in [0.15, 0.2) is 0 Å². The minimum Gasteiger partial charge on any atom is -0.371 e. The highest BCUT2D eigenvalue weighted by molar-refractivity contribution is 6.33. The highest BCUT2D eigenvalue weighted by Crippen LogP contribution is 2.33.